The van der Waals surface area contributed by atoms with Gasteiger partial charge in [0.25, 0.3) is 0 Å². The first-order valence-corrected chi connectivity index (χ1v) is 7.69. The summed E-state index contributed by atoms with van der Waals surface area (Å²) in [7, 11) is 3.52. The summed E-state index contributed by atoms with van der Waals surface area (Å²) >= 11 is 0. The summed E-state index contributed by atoms with van der Waals surface area (Å²) in [5.74, 6) is 2.36. The number of hydrogen-bond donors (Lipinski definition) is 0. The van der Waals surface area contributed by atoms with Gasteiger partial charge in [0.05, 0.1) is 7.11 Å². The van der Waals surface area contributed by atoms with Gasteiger partial charge in [-0.1, -0.05) is 6.07 Å². The third-order valence-electron chi connectivity index (χ3n) is 5.15. The van der Waals surface area contributed by atoms with Gasteiger partial charge < -0.3 is 14.4 Å². The van der Waals surface area contributed by atoms with Crippen molar-refractivity contribution in [2.24, 2.45) is 11.8 Å². The van der Waals surface area contributed by atoms with Crippen molar-refractivity contribution in [3.63, 3.8) is 0 Å². The largest absolute Gasteiger partial charge is 0.497 e. The lowest BCUT2D eigenvalue weighted by Gasteiger charge is -2.37. The van der Waals surface area contributed by atoms with Crippen LogP contribution in [0.2, 0.25) is 0 Å². The molecule has 1 aliphatic heterocycles. The van der Waals surface area contributed by atoms with Crippen LogP contribution in [0.1, 0.15) is 19.3 Å². The number of nitrogens with zero attached hydrogens (tertiary/aromatic N) is 1. The van der Waals surface area contributed by atoms with Crippen molar-refractivity contribution >= 4 is 5.69 Å². The number of ether oxygens (including phenoxy) is 2. The molecule has 3 unspecified atom stereocenters. The molecular formula is C18H21NO2. The molecule has 110 valence electrons. The third kappa shape index (κ3) is 1.91. The predicted molar refractivity (Wildman–Crippen MR) is 83.3 cm³/mol. The highest BCUT2D eigenvalue weighted by atomic mass is 16.5. The molecule has 1 aromatic carbocycles. The molecular weight excluding hydrogens is 262 g/mol. The Bertz CT molecular complexity index is 619. The minimum absolute atomic E-state index is 0.0346. The lowest BCUT2D eigenvalue weighted by molar-refractivity contribution is 0.125. The van der Waals surface area contributed by atoms with Crippen LogP contribution in [0.15, 0.2) is 47.7 Å². The summed E-state index contributed by atoms with van der Waals surface area (Å²) in [6.07, 6.45) is 8.50. The van der Waals surface area contributed by atoms with Crippen molar-refractivity contribution < 1.29 is 9.47 Å². The minimum Gasteiger partial charge on any atom is -0.497 e. The normalized spacial score (nSPS) is 30.0. The molecule has 3 atom stereocenters. The number of rotatable bonds is 3. The quantitative estimate of drug-likeness (QED) is 0.843. The summed E-state index contributed by atoms with van der Waals surface area (Å²) < 4.78 is 11.2. The van der Waals surface area contributed by atoms with Crippen LogP contribution in [0.4, 0.5) is 5.69 Å². The number of allylic oxidation sites excluding steroid dienone is 2. The molecule has 0 saturated heterocycles. The number of methoxy groups -OCH3 is 2. The fraction of sp³-hybridized carbons (Fsp3) is 0.444. The van der Waals surface area contributed by atoms with E-state index in [0.29, 0.717) is 5.92 Å². The summed E-state index contributed by atoms with van der Waals surface area (Å²) in [6.45, 7) is 0. The van der Waals surface area contributed by atoms with E-state index in [-0.39, 0.29) is 6.23 Å². The van der Waals surface area contributed by atoms with Gasteiger partial charge in [-0.2, -0.15) is 0 Å². The zero-order valence-electron chi connectivity index (χ0n) is 12.6. The van der Waals surface area contributed by atoms with Crippen LogP contribution >= 0.6 is 0 Å². The lowest BCUT2D eigenvalue weighted by Crippen LogP contribution is -2.38. The van der Waals surface area contributed by atoms with E-state index in [4.69, 9.17) is 9.47 Å². The van der Waals surface area contributed by atoms with E-state index >= 15 is 0 Å². The van der Waals surface area contributed by atoms with Crippen molar-refractivity contribution in [3.05, 3.63) is 47.7 Å². The minimum atomic E-state index is 0.0346. The zero-order valence-corrected chi connectivity index (χ0v) is 12.6. The molecule has 1 heterocycles. The van der Waals surface area contributed by atoms with Gasteiger partial charge in [-0.3, -0.25) is 0 Å². The Morgan fingerprint density at radius 2 is 2.00 bits per heavy atom. The summed E-state index contributed by atoms with van der Waals surface area (Å²) in [6, 6.07) is 8.17. The van der Waals surface area contributed by atoms with Crippen LogP contribution in [0.5, 0.6) is 5.75 Å². The van der Waals surface area contributed by atoms with Crippen LogP contribution in [-0.4, -0.2) is 20.4 Å². The SMILES string of the molecule is COc1cccc(N2C=CC3=C(C4CCC3C4)C2OC)c1. The van der Waals surface area contributed by atoms with Gasteiger partial charge in [-0.05, 0) is 60.5 Å². The number of fused-ring (bicyclic) bond motifs is 4. The number of hydrogen-bond acceptors (Lipinski definition) is 3. The highest BCUT2D eigenvalue weighted by Gasteiger charge is 2.44. The van der Waals surface area contributed by atoms with Gasteiger partial charge in [-0.15, -0.1) is 0 Å². The molecule has 21 heavy (non-hydrogen) atoms. The van der Waals surface area contributed by atoms with Crippen LogP contribution in [0.3, 0.4) is 0 Å². The Kier molecular flexibility index (Phi) is 3.03. The average Bonchev–Trinajstić information content (AvgIpc) is 3.16. The summed E-state index contributed by atoms with van der Waals surface area (Å²) in [4.78, 5) is 2.22. The molecule has 4 rings (SSSR count). The molecule has 2 aliphatic carbocycles. The Hall–Kier alpha value is -1.74. The Balaban J connectivity index is 1.71. The first-order chi connectivity index (χ1) is 10.3. The van der Waals surface area contributed by atoms with E-state index in [1.165, 1.54) is 30.4 Å². The van der Waals surface area contributed by atoms with Crippen LogP contribution in [-0.2, 0) is 4.74 Å². The second-order valence-corrected chi connectivity index (χ2v) is 6.13. The average molecular weight is 283 g/mol. The fourth-order valence-electron chi connectivity index (χ4n) is 4.22. The maximum Gasteiger partial charge on any atom is 0.156 e. The molecule has 0 amide bonds. The Labute approximate surface area is 125 Å². The van der Waals surface area contributed by atoms with Gasteiger partial charge in [-0.25, -0.2) is 0 Å². The highest BCUT2D eigenvalue weighted by Crippen LogP contribution is 2.52. The highest BCUT2D eigenvalue weighted by molar-refractivity contribution is 5.59. The predicted octanol–water partition coefficient (Wildman–Crippen LogP) is 3.73. The molecule has 0 radical (unpaired) electrons. The maximum absolute atomic E-state index is 5.87. The van der Waals surface area contributed by atoms with Gasteiger partial charge in [0, 0.05) is 25.1 Å². The fourth-order valence-corrected chi connectivity index (χ4v) is 4.22. The van der Waals surface area contributed by atoms with Gasteiger partial charge in [0.2, 0.25) is 0 Å². The van der Waals surface area contributed by atoms with E-state index in [1.807, 2.05) is 19.2 Å². The molecule has 1 aromatic rings. The van der Waals surface area contributed by atoms with Crippen molar-refractivity contribution in [1.82, 2.24) is 0 Å². The van der Waals surface area contributed by atoms with E-state index in [1.54, 1.807) is 7.11 Å². The smallest absolute Gasteiger partial charge is 0.156 e. The standard InChI is InChI=1S/C18H21NO2/c1-20-15-5-3-4-14(11-15)19-9-8-16-12-6-7-13(10-12)17(16)18(19)21-2/h3-5,8-9,11-13,18H,6-7,10H2,1-2H3. The van der Waals surface area contributed by atoms with Crippen LogP contribution in [0, 0.1) is 11.8 Å². The molecule has 0 aromatic heterocycles. The molecule has 1 fully saturated rings. The molecule has 3 aliphatic rings. The topological polar surface area (TPSA) is 21.7 Å². The van der Waals surface area contributed by atoms with Crippen molar-refractivity contribution in [2.75, 3.05) is 19.1 Å². The van der Waals surface area contributed by atoms with Crippen LogP contribution < -0.4 is 9.64 Å². The lowest BCUT2D eigenvalue weighted by atomic mass is 9.88. The molecule has 2 bridgehead atoms. The van der Waals surface area contributed by atoms with E-state index in [9.17, 15) is 0 Å². The first kappa shape index (κ1) is 13.0. The van der Waals surface area contributed by atoms with Gasteiger partial charge >= 0.3 is 0 Å². The van der Waals surface area contributed by atoms with Crippen molar-refractivity contribution in [2.45, 2.75) is 25.5 Å². The molecule has 0 spiro atoms. The van der Waals surface area contributed by atoms with E-state index in [0.717, 1.165) is 17.4 Å². The Morgan fingerprint density at radius 1 is 1.14 bits per heavy atom. The molecule has 3 heteroatoms. The van der Waals surface area contributed by atoms with Crippen molar-refractivity contribution in [3.8, 4) is 5.75 Å². The van der Waals surface area contributed by atoms with E-state index in [2.05, 4.69) is 29.3 Å². The summed E-state index contributed by atoms with van der Waals surface area (Å²) in [5.41, 5.74) is 4.17. The molecule has 3 nitrogen and oxygen atoms in total. The second-order valence-electron chi connectivity index (χ2n) is 6.13. The second kappa shape index (κ2) is 4.92. The number of benzene rings is 1. The third-order valence-corrected chi connectivity index (χ3v) is 5.15. The van der Waals surface area contributed by atoms with Crippen LogP contribution in [0.25, 0.3) is 0 Å². The Morgan fingerprint density at radius 3 is 2.81 bits per heavy atom. The maximum atomic E-state index is 5.87. The molecule has 1 saturated carbocycles. The van der Waals surface area contributed by atoms with E-state index < -0.39 is 0 Å². The monoisotopic (exact) mass is 283 g/mol. The van der Waals surface area contributed by atoms with Gasteiger partial charge in [0.15, 0.2) is 6.23 Å². The van der Waals surface area contributed by atoms with Gasteiger partial charge in [0.1, 0.15) is 5.75 Å². The molecule has 0 N–H and O–H groups in total. The summed E-state index contributed by atoms with van der Waals surface area (Å²) in [5, 5.41) is 0. The number of anilines is 1. The zero-order chi connectivity index (χ0) is 14.4. The van der Waals surface area contributed by atoms with Crippen molar-refractivity contribution in [1.29, 1.82) is 0 Å². The first-order valence-electron chi connectivity index (χ1n) is 7.69.